The highest BCUT2D eigenvalue weighted by Crippen LogP contribution is 2.43. The summed E-state index contributed by atoms with van der Waals surface area (Å²) >= 11 is 1.60. The number of carbonyl (C=O) groups excluding carboxylic acids is 1. The van der Waals surface area contributed by atoms with Gasteiger partial charge in [-0.05, 0) is 48.6 Å². The van der Waals surface area contributed by atoms with Crippen LogP contribution in [0.2, 0.25) is 0 Å². The molecule has 0 spiro atoms. The molecule has 0 aliphatic carbocycles. The summed E-state index contributed by atoms with van der Waals surface area (Å²) in [5.74, 6) is 1.57. The van der Waals surface area contributed by atoms with Gasteiger partial charge in [0.15, 0.2) is 0 Å². The second-order valence-corrected chi connectivity index (χ2v) is 9.16. The fourth-order valence-electron chi connectivity index (χ4n) is 4.79. The second kappa shape index (κ2) is 7.03. The van der Waals surface area contributed by atoms with Gasteiger partial charge in [0.25, 0.3) is 5.91 Å². The summed E-state index contributed by atoms with van der Waals surface area (Å²) in [5.41, 5.74) is 4.80. The third kappa shape index (κ3) is 2.84. The maximum Gasteiger partial charge on any atom is 0.263 e. The van der Waals surface area contributed by atoms with Crippen molar-refractivity contribution >= 4 is 28.1 Å². The number of H-pyrrole nitrogens is 1. The molecule has 4 heterocycles. The first kappa shape index (κ1) is 17.8. The summed E-state index contributed by atoms with van der Waals surface area (Å²) in [6.07, 6.45) is 4.16. The molecule has 0 radical (unpaired) electrons. The zero-order valence-electron chi connectivity index (χ0n) is 16.6. The number of hydrogen-bond acceptors (Lipinski definition) is 3. The summed E-state index contributed by atoms with van der Waals surface area (Å²) in [4.78, 5) is 20.6. The predicted octanol–water partition coefficient (Wildman–Crippen LogP) is 5.81. The lowest BCUT2D eigenvalue weighted by Crippen LogP contribution is -2.37. The Morgan fingerprint density at radius 3 is 2.77 bits per heavy atom. The molecule has 2 aromatic carbocycles. The topological polar surface area (TPSA) is 45.3 Å². The lowest BCUT2D eigenvalue weighted by molar-refractivity contribution is 0.0718. The van der Waals surface area contributed by atoms with Crippen LogP contribution in [0.3, 0.4) is 0 Å². The van der Waals surface area contributed by atoms with Crippen LogP contribution in [0.5, 0.6) is 5.75 Å². The summed E-state index contributed by atoms with van der Waals surface area (Å²) in [7, 11) is 0. The Kier molecular flexibility index (Phi) is 4.16. The van der Waals surface area contributed by atoms with Crippen LogP contribution >= 0.6 is 11.3 Å². The number of nitrogens with zero attached hydrogens (tertiary/aromatic N) is 1. The van der Waals surface area contributed by atoms with Gasteiger partial charge in [-0.1, -0.05) is 30.3 Å². The van der Waals surface area contributed by atoms with Crippen LogP contribution in [0.25, 0.3) is 21.3 Å². The molecule has 2 aliphatic heterocycles. The van der Waals surface area contributed by atoms with E-state index in [1.165, 1.54) is 21.3 Å². The summed E-state index contributed by atoms with van der Waals surface area (Å²) in [5, 5.41) is 1.31. The molecule has 5 heteroatoms. The van der Waals surface area contributed by atoms with Crippen LogP contribution in [0.15, 0.2) is 60.8 Å². The Bertz CT molecular complexity index is 1250. The first-order valence-electron chi connectivity index (χ1n) is 10.5. The zero-order chi connectivity index (χ0) is 20.1. The molecule has 0 saturated carbocycles. The number of carbonyl (C=O) groups is 1. The number of aromatic amines is 1. The van der Waals surface area contributed by atoms with E-state index in [9.17, 15) is 4.79 Å². The van der Waals surface area contributed by atoms with E-state index in [1.54, 1.807) is 11.3 Å². The van der Waals surface area contributed by atoms with Crippen LogP contribution in [-0.4, -0.2) is 28.9 Å². The Balaban J connectivity index is 1.20. The average molecular weight is 415 g/mol. The van der Waals surface area contributed by atoms with Crippen LogP contribution in [0, 0.1) is 0 Å². The van der Waals surface area contributed by atoms with Gasteiger partial charge in [-0.15, -0.1) is 11.3 Å². The molecule has 1 N–H and O–H groups in total. The molecule has 150 valence electrons. The summed E-state index contributed by atoms with van der Waals surface area (Å²) < 4.78 is 5.86. The van der Waals surface area contributed by atoms with Gasteiger partial charge in [0.1, 0.15) is 12.4 Å². The first-order chi connectivity index (χ1) is 14.8. The lowest BCUT2D eigenvalue weighted by atomic mass is 9.89. The van der Waals surface area contributed by atoms with E-state index in [-0.39, 0.29) is 5.91 Å². The molecule has 4 aromatic rings. The van der Waals surface area contributed by atoms with Crippen molar-refractivity contribution in [2.24, 2.45) is 0 Å². The third-order valence-electron chi connectivity index (χ3n) is 6.38. The maximum atomic E-state index is 13.2. The van der Waals surface area contributed by atoms with Crippen LogP contribution in [0.4, 0.5) is 0 Å². The van der Waals surface area contributed by atoms with E-state index < -0.39 is 0 Å². The van der Waals surface area contributed by atoms with Crippen LogP contribution in [-0.2, 0) is 6.61 Å². The Hall–Kier alpha value is -3.05. The first-order valence-corrected chi connectivity index (χ1v) is 11.3. The van der Waals surface area contributed by atoms with Crippen molar-refractivity contribution in [1.82, 2.24) is 9.88 Å². The number of fused-ring (bicyclic) bond motifs is 4. The van der Waals surface area contributed by atoms with E-state index in [4.69, 9.17) is 4.74 Å². The number of aromatic nitrogens is 1. The lowest BCUT2D eigenvalue weighted by Gasteiger charge is -2.31. The fraction of sp³-hybridized carbons (Fsp3) is 0.240. The number of piperidine rings is 1. The van der Waals surface area contributed by atoms with Crippen molar-refractivity contribution in [3.63, 3.8) is 0 Å². The van der Waals surface area contributed by atoms with E-state index in [0.29, 0.717) is 12.5 Å². The maximum absolute atomic E-state index is 13.2. The molecule has 0 bridgehead atoms. The SMILES string of the molecule is O=C(c1cc2c(s1)-c1ccccc1OC2)N1CCC(c2c[nH]c3ccccc23)CC1. The minimum absolute atomic E-state index is 0.157. The van der Waals surface area contributed by atoms with Gasteiger partial charge >= 0.3 is 0 Å². The number of para-hydroxylation sites is 2. The molecule has 4 nitrogen and oxygen atoms in total. The Labute approximate surface area is 179 Å². The van der Waals surface area contributed by atoms with E-state index in [2.05, 4.69) is 41.5 Å². The molecule has 0 unspecified atom stereocenters. The molecule has 1 saturated heterocycles. The number of rotatable bonds is 2. The summed E-state index contributed by atoms with van der Waals surface area (Å²) in [6.45, 7) is 2.15. The van der Waals surface area contributed by atoms with Gasteiger partial charge in [0, 0.05) is 46.2 Å². The average Bonchev–Trinajstić information content (AvgIpc) is 3.43. The number of thiophene rings is 1. The molecule has 1 amide bonds. The van der Waals surface area contributed by atoms with E-state index in [0.717, 1.165) is 47.7 Å². The van der Waals surface area contributed by atoms with Crippen molar-refractivity contribution in [3.05, 3.63) is 76.8 Å². The number of nitrogens with one attached hydrogen (secondary N) is 1. The number of benzene rings is 2. The number of likely N-dealkylation sites (tertiary alicyclic amines) is 1. The highest BCUT2D eigenvalue weighted by molar-refractivity contribution is 7.17. The van der Waals surface area contributed by atoms with Gasteiger partial charge in [0.05, 0.1) is 4.88 Å². The van der Waals surface area contributed by atoms with Crippen molar-refractivity contribution in [2.45, 2.75) is 25.4 Å². The minimum atomic E-state index is 0.157. The van der Waals surface area contributed by atoms with Gasteiger partial charge in [-0.2, -0.15) is 0 Å². The third-order valence-corrected chi connectivity index (χ3v) is 7.58. The van der Waals surface area contributed by atoms with Crippen molar-refractivity contribution in [3.8, 4) is 16.2 Å². The smallest absolute Gasteiger partial charge is 0.263 e. The minimum Gasteiger partial charge on any atom is -0.488 e. The normalized spacial score (nSPS) is 16.2. The summed E-state index contributed by atoms with van der Waals surface area (Å²) in [6, 6.07) is 18.6. The molecular weight excluding hydrogens is 392 g/mol. The van der Waals surface area contributed by atoms with Crippen LogP contribution in [0.1, 0.15) is 39.6 Å². The molecule has 30 heavy (non-hydrogen) atoms. The van der Waals surface area contributed by atoms with Gasteiger partial charge in [-0.3, -0.25) is 4.79 Å². The molecule has 6 rings (SSSR count). The molecular formula is C25H22N2O2S. The monoisotopic (exact) mass is 414 g/mol. The van der Waals surface area contributed by atoms with Crippen LogP contribution < -0.4 is 4.74 Å². The largest absolute Gasteiger partial charge is 0.488 e. The van der Waals surface area contributed by atoms with Crippen molar-refractivity contribution in [1.29, 1.82) is 0 Å². The van der Waals surface area contributed by atoms with Crippen molar-refractivity contribution < 1.29 is 9.53 Å². The molecule has 0 atom stereocenters. The Morgan fingerprint density at radius 1 is 1.07 bits per heavy atom. The molecule has 2 aliphatic rings. The highest BCUT2D eigenvalue weighted by Gasteiger charge is 2.29. The van der Waals surface area contributed by atoms with Crippen molar-refractivity contribution in [2.75, 3.05) is 13.1 Å². The van der Waals surface area contributed by atoms with Gasteiger partial charge < -0.3 is 14.6 Å². The molecule has 1 fully saturated rings. The standard InChI is InChI=1S/C25H22N2O2S/c28-25(23-13-17-15-29-22-8-4-2-6-19(22)24(17)30-23)27-11-9-16(10-12-27)20-14-26-21-7-3-1-5-18(20)21/h1-8,13-14,16,26H,9-12,15H2. The second-order valence-electron chi connectivity index (χ2n) is 8.11. The zero-order valence-corrected chi connectivity index (χ0v) is 17.4. The molecule has 2 aromatic heterocycles. The quantitative estimate of drug-likeness (QED) is 0.450. The van der Waals surface area contributed by atoms with E-state index in [1.807, 2.05) is 29.2 Å². The van der Waals surface area contributed by atoms with E-state index >= 15 is 0 Å². The number of ether oxygens (including phenoxy) is 1. The predicted molar refractivity (Wildman–Crippen MR) is 120 cm³/mol. The Morgan fingerprint density at radius 2 is 1.87 bits per heavy atom. The van der Waals surface area contributed by atoms with Gasteiger partial charge in [-0.25, -0.2) is 0 Å². The van der Waals surface area contributed by atoms with Gasteiger partial charge in [0.2, 0.25) is 0 Å². The fourth-order valence-corrected chi connectivity index (χ4v) is 5.95. The number of amides is 1. The highest BCUT2D eigenvalue weighted by atomic mass is 32.1. The number of hydrogen-bond donors (Lipinski definition) is 1.